The van der Waals surface area contributed by atoms with E-state index in [2.05, 4.69) is 25.6 Å². The lowest BCUT2D eigenvalue weighted by Crippen LogP contribution is -2.22. The van der Waals surface area contributed by atoms with Gasteiger partial charge in [0.05, 0.1) is 17.8 Å². The average molecular weight is 473 g/mol. The molecule has 3 heterocycles. The SMILES string of the molecule is CN(C)c1ncc(-c2ncc(CNC(=O)c3ccc4c(c3)NC(=O)c3ccccc3O4)s2)cn1. The third-order valence-electron chi connectivity index (χ3n) is 5.10. The van der Waals surface area contributed by atoms with Gasteiger partial charge in [0.25, 0.3) is 11.8 Å². The Morgan fingerprint density at radius 1 is 1.06 bits per heavy atom. The summed E-state index contributed by atoms with van der Waals surface area (Å²) in [5.41, 5.74) is 2.10. The van der Waals surface area contributed by atoms with Crippen molar-refractivity contribution in [3.63, 3.8) is 0 Å². The first kappa shape index (κ1) is 21.5. The molecule has 2 N–H and O–H groups in total. The number of ether oxygens (including phenoxy) is 1. The summed E-state index contributed by atoms with van der Waals surface area (Å²) < 4.78 is 5.87. The molecular formula is C24H20N6O3S. The summed E-state index contributed by atoms with van der Waals surface area (Å²) >= 11 is 1.46. The zero-order valence-electron chi connectivity index (χ0n) is 18.4. The third kappa shape index (κ3) is 4.30. The molecule has 0 fully saturated rings. The number of nitrogens with one attached hydrogen (secondary N) is 2. The van der Waals surface area contributed by atoms with Crippen molar-refractivity contribution < 1.29 is 14.3 Å². The van der Waals surface area contributed by atoms with E-state index in [1.165, 1.54) is 11.3 Å². The summed E-state index contributed by atoms with van der Waals surface area (Å²) in [5, 5.41) is 6.49. The van der Waals surface area contributed by atoms with Crippen LogP contribution in [0.2, 0.25) is 0 Å². The number of anilines is 2. The normalized spacial score (nSPS) is 12.0. The highest BCUT2D eigenvalue weighted by atomic mass is 32.1. The Bertz CT molecular complexity index is 1380. The molecule has 0 unspecified atom stereocenters. The molecule has 0 atom stereocenters. The number of benzene rings is 2. The van der Waals surface area contributed by atoms with Gasteiger partial charge in [-0.05, 0) is 30.3 Å². The van der Waals surface area contributed by atoms with Gasteiger partial charge in [-0.2, -0.15) is 0 Å². The van der Waals surface area contributed by atoms with E-state index in [1.54, 1.807) is 61.1 Å². The molecule has 2 aromatic heterocycles. The Morgan fingerprint density at radius 3 is 2.65 bits per heavy atom. The third-order valence-corrected chi connectivity index (χ3v) is 6.15. The summed E-state index contributed by atoms with van der Waals surface area (Å²) in [7, 11) is 3.76. The van der Waals surface area contributed by atoms with Gasteiger partial charge in [0.1, 0.15) is 10.8 Å². The number of rotatable bonds is 5. The Balaban J connectivity index is 1.26. The van der Waals surface area contributed by atoms with Gasteiger partial charge < -0.3 is 20.3 Å². The van der Waals surface area contributed by atoms with E-state index in [0.717, 1.165) is 15.4 Å². The van der Waals surface area contributed by atoms with Gasteiger partial charge in [0.2, 0.25) is 5.95 Å². The molecule has 0 aliphatic carbocycles. The molecule has 1 aliphatic heterocycles. The maximum absolute atomic E-state index is 12.8. The van der Waals surface area contributed by atoms with Crippen molar-refractivity contribution in [2.75, 3.05) is 24.3 Å². The molecule has 2 aromatic carbocycles. The van der Waals surface area contributed by atoms with Crippen LogP contribution in [0.4, 0.5) is 11.6 Å². The topological polar surface area (TPSA) is 109 Å². The van der Waals surface area contributed by atoms with E-state index >= 15 is 0 Å². The van der Waals surface area contributed by atoms with Crippen LogP contribution in [-0.4, -0.2) is 40.9 Å². The highest BCUT2D eigenvalue weighted by molar-refractivity contribution is 7.15. The maximum Gasteiger partial charge on any atom is 0.259 e. The second-order valence-electron chi connectivity index (χ2n) is 7.74. The Kier molecular flexibility index (Phi) is 5.64. The minimum Gasteiger partial charge on any atom is -0.454 e. The molecule has 0 bridgehead atoms. The molecule has 9 nitrogen and oxygen atoms in total. The van der Waals surface area contributed by atoms with Crippen molar-refractivity contribution in [3.8, 4) is 22.1 Å². The van der Waals surface area contributed by atoms with Crippen LogP contribution in [0.15, 0.2) is 61.1 Å². The van der Waals surface area contributed by atoms with Gasteiger partial charge in [-0.15, -0.1) is 11.3 Å². The number of carbonyl (C=O) groups excluding carboxylic acids is 2. The van der Waals surface area contributed by atoms with Gasteiger partial charge in [0.15, 0.2) is 5.75 Å². The number of hydrogen-bond donors (Lipinski definition) is 2. The number of nitrogens with zero attached hydrogens (tertiary/aromatic N) is 4. The first-order chi connectivity index (χ1) is 16.5. The Morgan fingerprint density at radius 2 is 1.85 bits per heavy atom. The van der Waals surface area contributed by atoms with Crippen LogP contribution >= 0.6 is 11.3 Å². The molecule has 170 valence electrons. The van der Waals surface area contributed by atoms with Crippen molar-refractivity contribution >= 4 is 34.8 Å². The van der Waals surface area contributed by atoms with Crippen molar-refractivity contribution in [1.82, 2.24) is 20.3 Å². The van der Waals surface area contributed by atoms with E-state index in [-0.39, 0.29) is 11.8 Å². The number of carbonyl (C=O) groups is 2. The molecule has 2 amide bonds. The fraction of sp³-hybridized carbons (Fsp3) is 0.125. The van der Waals surface area contributed by atoms with Crippen molar-refractivity contribution in [2.45, 2.75) is 6.54 Å². The smallest absolute Gasteiger partial charge is 0.259 e. The molecule has 0 saturated heterocycles. The van der Waals surface area contributed by atoms with Crippen LogP contribution in [0.3, 0.4) is 0 Å². The monoisotopic (exact) mass is 472 g/mol. The predicted molar refractivity (Wildman–Crippen MR) is 130 cm³/mol. The van der Waals surface area contributed by atoms with E-state index in [0.29, 0.717) is 40.8 Å². The molecule has 34 heavy (non-hydrogen) atoms. The second kappa shape index (κ2) is 8.91. The number of para-hydroxylation sites is 1. The number of fused-ring (bicyclic) bond motifs is 2. The van der Waals surface area contributed by atoms with Crippen LogP contribution in [-0.2, 0) is 6.54 Å². The fourth-order valence-electron chi connectivity index (χ4n) is 3.36. The lowest BCUT2D eigenvalue weighted by molar-refractivity contribution is 0.0950. The van der Waals surface area contributed by atoms with E-state index in [4.69, 9.17) is 4.74 Å². The summed E-state index contributed by atoms with van der Waals surface area (Å²) in [6, 6.07) is 11.9. The summed E-state index contributed by atoms with van der Waals surface area (Å²) in [6.45, 7) is 0.318. The molecule has 0 saturated carbocycles. The van der Waals surface area contributed by atoms with Gasteiger partial charge >= 0.3 is 0 Å². The van der Waals surface area contributed by atoms with Crippen LogP contribution in [0.25, 0.3) is 10.6 Å². The van der Waals surface area contributed by atoms with E-state index < -0.39 is 0 Å². The first-order valence-electron chi connectivity index (χ1n) is 10.4. The van der Waals surface area contributed by atoms with E-state index in [9.17, 15) is 9.59 Å². The maximum atomic E-state index is 12.8. The highest BCUT2D eigenvalue weighted by Crippen LogP contribution is 2.36. The minimum absolute atomic E-state index is 0.271. The predicted octanol–water partition coefficient (Wildman–Crippen LogP) is 3.95. The summed E-state index contributed by atoms with van der Waals surface area (Å²) in [5.74, 6) is 1.02. The molecule has 4 aromatic rings. The molecule has 0 radical (unpaired) electrons. The Hall–Kier alpha value is -4.31. The van der Waals surface area contributed by atoms with Gasteiger partial charge in [-0.3, -0.25) is 9.59 Å². The van der Waals surface area contributed by atoms with E-state index in [1.807, 2.05) is 19.0 Å². The molecule has 1 aliphatic rings. The largest absolute Gasteiger partial charge is 0.454 e. The van der Waals surface area contributed by atoms with Crippen molar-refractivity contribution in [1.29, 1.82) is 0 Å². The fourth-order valence-corrected chi connectivity index (χ4v) is 4.19. The summed E-state index contributed by atoms with van der Waals surface area (Å²) in [6.07, 6.45) is 5.18. The van der Waals surface area contributed by atoms with Crippen molar-refractivity contribution in [3.05, 3.63) is 77.1 Å². The molecule has 10 heteroatoms. The zero-order chi connectivity index (χ0) is 23.7. The number of thiazole rings is 1. The molecule has 0 spiro atoms. The minimum atomic E-state index is -0.285. The van der Waals surface area contributed by atoms with Crippen LogP contribution < -0.4 is 20.3 Å². The lowest BCUT2D eigenvalue weighted by atomic mass is 10.1. The standard InChI is InChI=1S/C24H20N6O3S/c1-30(2)24-27-10-15(11-28-24)23-26-13-16(34-23)12-25-21(31)14-7-8-20-18(9-14)29-22(32)17-5-3-4-6-19(17)33-20/h3-11,13H,12H2,1-2H3,(H,25,31)(H,29,32). The number of aromatic nitrogens is 3. The van der Waals surface area contributed by atoms with Gasteiger partial charge in [0, 0.05) is 48.7 Å². The second-order valence-corrected chi connectivity index (χ2v) is 8.86. The highest BCUT2D eigenvalue weighted by Gasteiger charge is 2.21. The molecule has 5 rings (SSSR count). The van der Waals surface area contributed by atoms with Gasteiger partial charge in [-0.1, -0.05) is 12.1 Å². The first-order valence-corrected chi connectivity index (χ1v) is 11.2. The van der Waals surface area contributed by atoms with Gasteiger partial charge in [-0.25, -0.2) is 15.0 Å². The molecular weight excluding hydrogens is 452 g/mol. The average Bonchev–Trinajstić information content (AvgIpc) is 3.27. The van der Waals surface area contributed by atoms with Crippen LogP contribution in [0.1, 0.15) is 25.6 Å². The lowest BCUT2D eigenvalue weighted by Gasteiger charge is -2.10. The van der Waals surface area contributed by atoms with Crippen molar-refractivity contribution in [2.24, 2.45) is 0 Å². The van der Waals surface area contributed by atoms with Crippen LogP contribution in [0, 0.1) is 0 Å². The quantitative estimate of drug-likeness (QED) is 0.453. The van der Waals surface area contributed by atoms with Crippen LogP contribution in [0.5, 0.6) is 11.5 Å². The zero-order valence-corrected chi connectivity index (χ0v) is 19.2. The Labute approximate surface area is 199 Å². The number of amides is 2. The number of hydrogen-bond acceptors (Lipinski definition) is 8. The summed E-state index contributed by atoms with van der Waals surface area (Å²) in [4.78, 5) is 41.0.